The molecule has 1 aromatic carbocycles. The number of rotatable bonds is 7. The Morgan fingerprint density at radius 3 is 2.63 bits per heavy atom. The number of hydrogen-bond donors (Lipinski definition) is 2. The zero-order valence-electron chi connectivity index (χ0n) is 16.7. The Morgan fingerprint density at radius 2 is 2.00 bits per heavy atom. The van der Waals surface area contributed by atoms with Crippen LogP contribution in [0.3, 0.4) is 0 Å². The summed E-state index contributed by atoms with van der Waals surface area (Å²) in [6.45, 7) is 5.46. The van der Waals surface area contributed by atoms with Gasteiger partial charge in [-0.1, -0.05) is 18.2 Å². The Balaban J connectivity index is 0.00000364. The molecule has 6 nitrogen and oxygen atoms in total. The first-order chi connectivity index (χ1) is 12.6. The Kier molecular flexibility index (Phi) is 11.2. The van der Waals surface area contributed by atoms with Gasteiger partial charge >= 0.3 is 0 Å². The summed E-state index contributed by atoms with van der Waals surface area (Å²) >= 11 is 0. The van der Waals surface area contributed by atoms with Gasteiger partial charge in [-0.2, -0.15) is 0 Å². The number of ether oxygens (including phenoxy) is 1. The molecule has 2 rings (SSSR count). The van der Waals surface area contributed by atoms with Gasteiger partial charge in [0.25, 0.3) is 0 Å². The Hall–Kier alpha value is -1.51. The normalized spacial score (nSPS) is 15.1. The second-order valence-corrected chi connectivity index (χ2v) is 6.75. The number of nitrogens with zero attached hydrogens (tertiary/aromatic N) is 2. The number of carbonyl (C=O) groups excluding carboxylic acids is 1. The average molecular weight is 488 g/mol. The van der Waals surface area contributed by atoms with Crippen molar-refractivity contribution in [2.24, 2.45) is 10.9 Å². The summed E-state index contributed by atoms with van der Waals surface area (Å²) < 4.78 is 5.83. The molecule has 1 saturated heterocycles. The molecular formula is C20H33IN4O2. The van der Waals surface area contributed by atoms with Gasteiger partial charge in [0.1, 0.15) is 5.75 Å². The van der Waals surface area contributed by atoms with Crippen molar-refractivity contribution in [1.29, 1.82) is 0 Å². The predicted octanol–water partition coefficient (Wildman–Crippen LogP) is 2.81. The first-order valence-electron chi connectivity index (χ1n) is 9.48. The number of aliphatic imine (C=N–C) groups is 1. The maximum atomic E-state index is 11.5. The van der Waals surface area contributed by atoms with Crippen molar-refractivity contribution in [3.63, 3.8) is 0 Å². The molecule has 7 heteroatoms. The van der Waals surface area contributed by atoms with Gasteiger partial charge in [0.15, 0.2) is 5.96 Å². The fourth-order valence-electron chi connectivity index (χ4n) is 3.22. The maximum Gasteiger partial charge on any atom is 0.220 e. The minimum absolute atomic E-state index is 0. The lowest BCUT2D eigenvalue weighted by atomic mass is 9.93. The number of hydrogen-bond acceptors (Lipinski definition) is 3. The van der Waals surface area contributed by atoms with Crippen LogP contribution in [0.15, 0.2) is 29.3 Å². The van der Waals surface area contributed by atoms with Crippen molar-refractivity contribution in [2.75, 3.05) is 40.3 Å². The van der Waals surface area contributed by atoms with Gasteiger partial charge < -0.3 is 20.3 Å². The van der Waals surface area contributed by atoms with E-state index in [4.69, 9.17) is 4.74 Å². The van der Waals surface area contributed by atoms with Crippen molar-refractivity contribution in [3.05, 3.63) is 29.8 Å². The van der Waals surface area contributed by atoms with E-state index in [1.165, 1.54) is 0 Å². The summed E-state index contributed by atoms with van der Waals surface area (Å²) in [7, 11) is 3.52. The molecule has 1 aliphatic heterocycles. The van der Waals surface area contributed by atoms with Crippen LogP contribution in [-0.4, -0.2) is 57.1 Å². The summed E-state index contributed by atoms with van der Waals surface area (Å²) in [6, 6.07) is 8.08. The zero-order valence-corrected chi connectivity index (χ0v) is 19.0. The maximum absolute atomic E-state index is 11.5. The molecule has 1 aliphatic rings. The smallest absolute Gasteiger partial charge is 0.220 e. The fraction of sp³-hybridized carbons (Fsp3) is 0.600. The first-order valence-corrected chi connectivity index (χ1v) is 9.48. The third-order valence-corrected chi connectivity index (χ3v) is 4.83. The Bertz CT molecular complexity index is 601. The van der Waals surface area contributed by atoms with E-state index in [2.05, 4.69) is 33.5 Å². The Labute approximate surface area is 180 Å². The molecule has 0 bridgehead atoms. The van der Waals surface area contributed by atoms with E-state index in [0.29, 0.717) is 18.9 Å². The van der Waals surface area contributed by atoms with Gasteiger partial charge in [-0.05, 0) is 43.7 Å². The number of benzene rings is 1. The third-order valence-electron chi connectivity index (χ3n) is 4.83. The topological polar surface area (TPSA) is 66.0 Å². The van der Waals surface area contributed by atoms with E-state index in [-0.39, 0.29) is 29.9 Å². The van der Waals surface area contributed by atoms with Crippen LogP contribution in [0.25, 0.3) is 0 Å². The number of amides is 1. The molecule has 0 spiro atoms. The number of piperidine rings is 1. The molecule has 0 atom stereocenters. The van der Waals surface area contributed by atoms with Crippen LogP contribution >= 0.6 is 24.0 Å². The lowest BCUT2D eigenvalue weighted by Gasteiger charge is -2.34. The van der Waals surface area contributed by atoms with Gasteiger partial charge in [0.05, 0.1) is 6.61 Å². The standard InChI is InChI=1S/C20H32N4O2.HI/c1-16-7-4-5-8-18(16)26-14-6-11-23-20(22-3)24-12-9-17(10-13-24)15-19(25)21-2;/h4-5,7-8,17H,6,9-15H2,1-3H3,(H,21,25)(H,22,23);1H. The number of halogens is 1. The quantitative estimate of drug-likeness (QED) is 0.268. The monoisotopic (exact) mass is 488 g/mol. The molecule has 0 saturated carbocycles. The highest BCUT2D eigenvalue weighted by atomic mass is 127. The lowest BCUT2D eigenvalue weighted by Crippen LogP contribution is -2.46. The zero-order chi connectivity index (χ0) is 18.8. The summed E-state index contributed by atoms with van der Waals surface area (Å²) in [5.41, 5.74) is 1.16. The van der Waals surface area contributed by atoms with Gasteiger partial charge in [0, 0.05) is 40.2 Å². The molecule has 2 N–H and O–H groups in total. The SMILES string of the molecule is CN=C(NCCCOc1ccccc1C)N1CCC(CC(=O)NC)CC1.I. The number of nitrogens with one attached hydrogen (secondary N) is 2. The molecular weight excluding hydrogens is 455 g/mol. The second kappa shape index (κ2) is 12.8. The van der Waals surface area contributed by atoms with E-state index in [9.17, 15) is 4.79 Å². The summed E-state index contributed by atoms with van der Waals surface area (Å²) in [5, 5.41) is 6.14. The molecule has 27 heavy (non-hydrogen) atoms. The van der Waals surface area contributed by atoms with Crippen LogP contribution in [0.5, 0.6) is 5.75 Å². The molecule has 0 unspecified atom stereocenters. The van der Waals surface area contributed by atoms with E-state index >= 15 is 0 Å². The van der Waals surface area contributed by atoms with E-state index in [1.807, 2.05) is 25.2 Å². The van der Waals surface area contributed by atoms with Gasteiger partial charge in [-0.3, -0.25) is 9.79 Å². The van der Waals surface area contributed by atoms with Crippen LogP contribution < -0.4 is 15.4 Å². The molecule has 0 radical (unpaired) electrons. The number of likely N-dealkylation sites (tertiary alicyclic amines) is 1. The Morgan fingerprint density at radius 1 is 1.30 bits per heavy atom. The highest BCUT2D eigenvalue weighted by Crippen LogP contribution is 2.20. The number of aryl methyl sites for hydroxylation is 1. The van der Waals surface area contributed by atoms with E-state index in [1.54, 1.807) is 7.05 Å². The van der Waals surface area contributed by atoms with E-state index in [0.717, 1.165) is 56.2 Å². The molecule has 152 valence electrons. The number of para-hydroxylation sites is 1. The molecule has 1 amide bonds. The summed E-state index contributed by atoms with van der Waals surface area (Å²) in [5.74, 6) is 2.51. The third kappa shape index (κ3) is 7.94. The van der Waals surface area contributed by atoms with Crippen molar-refractivity contribution in [2.45, 2.75) is 32.6 Å². The average Bonchev–Trinajstić information content (AvgIpc) is 2.67. The van der Waals surface area contributed by atoms with Crippen LogP contribution in [-0.2, 0) is 4.79 Å². The molecule has 1 aromatic rings. The number of guanidine groups is 1. The minimum Gasteiger partial charge on any atom is -0.493 e. The molecule has 1 heterocycles. The van der Waals surface area contributed by atoms with E-state index < -0.39 is 0 Å². The molecule has 0 aliphatic carbocycles. The van der Waals surface area contributed by atoms with Gasteiger partial charge in [0.2, 0.25) is 5.91 Å². The van der Waals surface area contributed by atoms with Crippen molar-refractivity contribution in [3.8, 4) is 5.75 Å². The van der Waals surface area contributed by atoms with Crippen LogP contribution in [0.1, 0.15) is 31.2 Å². The highest BCUT2D eigenvalue weighted by Gasteiger charge is 2.22. The largest absolute Gasteiger partial charge is 0.493 e. The van der Waals surface area contributed by atoms with Crippen LogP contribution in [0.2, 0.25) is 0 Å². The predicted molar refractivity (Wildman–Crippen MR) is 121 cm³/mol. The van der Waals surface area contributed by atoms with Crippen molar-refractivity contribution in [1.82, 2.24) is 15.5 Å². The fourth-order valence-corrected chi connectivity index (χ4v) is 3.22. The van der Waals surface area contributed by atoms with Gasteiger partial charge in [-0.15, -0.1) is 24.0 Å². The van der Waals surface area contributed by atoms with Gasteiger partial charge in [-0.25, -0.2) is 0 Å². The first kappa shape index (κ1) is 23.5. The molecule has 0 aromatic heterocycles. The molecule has 1 fully saturated rings. The summed E-state index contributed by atoms with van der Waals surface area (Å²) in [6.07, 6.45) is 3.61. The summed E-state index contributed by atoms with van der Waals surface area (Å²) in [4.78, 5) is 18.2. The van der Waals surface area contributed by atoms with Crippen LogP contribution in [0.4, 0.5) is 0 Å². The van der Waals surface area contributed by atoms with Crippen molar-refractivity contribution >= 4 is 35.8 Å². The van der Waals surface area contributed by atoms with Crippen LogP contribution in [0, 0.1) is 12.8 Å². The lowest BCUT2D eigenvalue weighted by molar-refractivity contribution is -0.121. The second-order valence-electron chi connectivity index (χ2n) is 6.75. The minimum atomic E-state index is 0. The van der Waals surface area contributed by atoms with Crippen molar-refractivity contribution < 1.29 is 9.53 Å². The highest BCUT2D eigenvalue weighted by molar-refractivity contribution is 14.0. The number of carbonyl (C=O) groups is 1.